The molecule has 5 nitrogen and oxygen atoms in total. The zero-order valence-electron chi connectivity index (χ0n) is 11.9. The molecule has 1 heterocycles. The monoisotopic (exact) mass is 270 g/mol. The number of nitrogens with two attached hydrogens (primary N) is 1. The Bertz CT molecular complexity index is 635. The molecule has 0 unspecified atom stereocenters. The number of benzene rings is 1. The molecule has 0 atom stereocenters. The van der Waals surface area contributed by atoms with E-state index in [0.29, 0.717) is 23.7 Å². The molecular weight excluding hydrogens is 252 g/mol. The van der Waals surface area contributed by atoms with Gasteiger partial charge >= 0.3 is 0 Å². The van der Waals surface area contributed by atoms with E-state index >= 15 is 0 Å². The summed E-state index contributed by atoms with van der Waals surface area (Å²) in [6.45, 7) is 5.90. The summed E-state index contributed by atoms with van der Waals surface area (Å²) in [4.78, 5) is 0. The minimum absolute atomic E-state index is 0.166. The average Bonchev–Trinajstić information content (AvgIpc) is 2.70. The SMILES string of the molecule is Cc1nn(C(C)C)c(Oc2ccc(CC#N)cc2)c1N. The van der Waals surface area contributed by atoms with Gasteiger partial charge in [0.05, 0.1) is 24.2 Å². The molecule has 2 rings (SSSR count). The first-order valence-electron chi connectivity index (χ1n) is 6.51. The normalized spacial score (nSPS) is 10.6. The molecule has 0 amide bonds. The third kappa shape index (κ3) is 2.75. The van der Waals surface area contributed by atoms with Gasteiger partial charge in [0.2, 0.25) is 5.88 Å². The smallest absolute Gasteiger partial charge is 0.241 e. The number of aryl methyl sites for hydroxylation is 1. The Labute approximate surface area is 118 Å². The number of anilines is 1. The fourth-order valence-electron chi connectivity index (χ4n) is 1.87. The molecule has 0 bridgehead atoms. The molecule has 1 aromatic heterocycles. The molecule has 0 radical (unpaired) electrons. The van der Waals surface area contributed by atoms with E-state index in [0.717, 1.165) is 11.3 Å². The van der Waals surface area contributed by atoms with Crippen LogP contribution in [0.25, 0.3) is 0 Å². The molecule has 0 saturated heterocycles. The Kier molecular flexibility index (Phi) is 3.94. The Morgan fingerprint density at radius 2 is 2.00 bits per heavy atom. The topological polar surface area (TPSA) is 76.9 Å². The van der Waals surface area contributed by atoms with Gasteiger partial charge in [-0.05, 0) is 38.5 Å². The van der Waals surface area contributed by atoms with Crippen LogP contribution in [0.2, 0.25) is 0 Å². The van der Waals surface area contributed by atoms with Gasteiger partial charge in [0.25, 0.3) is 0 Å². The summed E-state index contributed by atoms with van der Waals surface area (Å²) in [6, 6.07) is 9.69. The van der Waals surface area contributed by atoms with Gasteiger partial charge in [-0.3, -0.25) is 0 Å². The summed E-state index contributed by atoms with van der Waals surface area (Å²) in [5, 5.41) is 13.0. The van der Waals surface area contributed by atoms with Crippen LogP contribution in [-0.4, -0.2) is 9.78 Å². The number of nitrogens with zero attached hydrogens (tertiary/aromatic N) is 3. The van der Waals surface area contributed by atoms with Gasteiger partial charge in [0.1, 0.15) is 11.4 Å². The predicted molar refractivity (Wildman–Crippen MR) is 77.6 cm³/mol. The van der Waals surface area contributed by atoms with Crippen LogP contribution < -0.4 is 10.5 Å². The predicted octanol–water partition coefficient (Wildman–Crippen LogP) is 3.21. The second-order valence-corrected chi connectivity index (χ2v) is 4.92. The lowest BCUT2D eigenvalue weighted by atomic mass is 10.2. The van der Waals surface area contributed by atoms with E-state index < -0.39 is 0 Å². The van der Waals surface area contributed by atoms with Crippen LogP contribution in [0.4, 0.5) is 5.69 Å². The molecule has 5 heteroatoms. The zero-order chi connectivity index (χ0) is 14.7. The molecule has 2 N–H and O–H groups in total. The van der Waals surface area contributed by atoms with E-state index in [1.165, 1.54) is 0 Å². The molecule has 0 spiro atoms. The van der Waals surface area contributed by atoms with Crippen molar-refractivity contribution >= 4 is 5.69 Å². The Balaban J connectivity index is 2.28. The molecule has 2 aromatic rings. The fourth-order valence-corrected chi connectivity index (χ4v) is 1.87. The molecule has 0 saturated carbocycles. The second kappa shape index (κ2) is 5.66. The molecule has 0 aliphatic carbocycles. The number of ether oxygens (including phenoxy) is 1. The third-order valence-electron chi connectivity index (χ3n) is 3.00. The van der Waals surface area contributed by atoms with Gasteiger partial charge in [-0.15, -0.1) is 0 Å². The summed E-state index contributed by atoms with van der Waals surface area (Å²) in [7, 11) is 0. The summed E-state index contributed by atoms with van der Waals surface area (Å²) in [6.07, 6.45) is 0.394. The minimum Gasteiger partial charge on any atom is -0.437 e. The number of hydrogen-bond donors (Lipinski definition) is 1. The first kappa shape index (κ1) is 13.9. The van der Waals surface area contributed by atoms with Crippen LogP contribution in [0.1, 0.15) is 31.1 Å². The highest BCUT2D eigenvalue weighted by Crippen LogP contribution is 2.32. The van der Waals surface area contributed by atoms with Gasteiger partial charge in [0, 0.05) is 0 Å². The van der Waals surface area contributed by atoms with Crippen LogP contribution in [0.5, 0.6) is 11.6 Å². The van der Waals surface area contributed by atoms with Gasteiger partial charge in [0.15, 0.2) is 0 Å². The van der Waals surface area contributed by atoms with Crippen molar-refractivity contribution in [2.75, 3.05) is 5.73 Å². The van der Waals surface area contributed by atoms with E-state index in [1.807, 2.05) is 45.0 Å². The summed E-state index contributed by atoms with van der Waals surface area (Å²) in [5.41, 5.74) is 8.29. The highest BCUT2D eigenvalue weighted by Gasteiger charge is 2.16. The number of hydrogen-bond acceptors (Lipinski definition) is 4. The van der Waals surface area contributed by atoms with Crippen molar-refractivity contribution in [3.05, 3.63) is 35.5 Å². The van der Waals surface area contributed by atoms with Crippen molar-refractivity contribution < 1.29 is 4.74 Å². The summed E-state index contributed by atoms with van der Waals surface area (Å²) < 4.78 is 7.62. The van der Waals surface area contributed by atoms with Crippen LogP contribution in [0.15, 0.2) is 24.3 Å². The Hall–Kier alpha value is -2.48. The molecular formula is C15H18N4O. The third-order valence-corrected chi connectivity index (χ3v) is 3.00. The van der Waals surface area contributed by atoms with E-state index in [-0.39, 0.29) is 6.04 Å². The summed E-state index contributed by atoms with van der Waals surface area (Å²) in [5.74, 6) is 1.24. The standard InChI is InChI=1S/C15H18N4O/c1-10(2)19-15(14(17)11(3)18-19)20-13-6-4-12(5-7-13)8-9-16/h4-7,10H,8,17H2,1-3H3. The zero-order valence-corrected chi connectivity index (χ0v) is 11.9. The molecule has 104 valence electrons. The van der Waals surface area contributed by atoms with Crippen molar-refractivity contribution in [3.8, 4) is 17.7 Å². The summed E-state index contributed by atoms with van der Waals surface area (Å²) >= 11 is 0. The second-order valence-electron chi connectivity index (χ2n) is 4.92. The van der Waals surface area contributed by atoms with E-state index in [9.17, 15) is 0 Å². The maximum atomic E-state index is 8.65. The Morgan fingerprint density at radius 1 is 1.35 bits per heavy atom. The van der Waals surface area contributed by atoms with Crippen LogP contribution in [0, 0.1) is 18.3 Å². The largest absolute Gasteiger partial charge is 0.437 e. The van der Waals surface area contributed by atoms with Crippen LogP contribution in [0.3, 0.4) is 0 Å². The van der Waals surface area contributed by atoms with Crippen LogP contribution in [-0.2, 0) is 6.42 Å². The number of aromatic nitrogens is 2. The van der Waals surface area contributed by atoms with E-state index in [4.69, 9.17) is 15.7 Å². The first-order chi connectivity index (χ1) is 9.52. The van der Waals surface area contributed by atoms with Crippen molar-refractivity contribution in [2.45, 2.75) is 33.2 Å². The first-order valence-corrected chi connectivity index (χ1v) is 6.51. The number of rotatable bonds is 4. The lowest BCUT2D eigenvalue weighted by Gasteiger charge is -2.12. The van der Waals surface area contributed by atoms with Gasteiger partial charge in [-0.25, -0.2) is 4.68 Å². The average molecular weight is 270 g/mol. The molecule has 0 aliphatic heterocycles. The maximum absolute atomic E-state index is 8.65. The minimum atomic E-state index is 0.166. The molecule has 0 fully saturated rings. The lowest BCUT2D eigenvalue weighted by Crippen LogP contribution is -2.05. The maximum Gasteiger partial charge on any atom is 0.241 e. The van der Waals surface area contributed by atoms with E-state index in [2.05, 4.69) is 11.2 Å². The van der Waals surface area contributed by atoms with Gasteiger partial charge in [-0.2, -0.15) is 10.4 Å². The lowest BCUT2D eigenvalue weighted by molar-refractivity contribution is 0.389. The number of nitriles is 1. The van der Waals surface area contributed by atoms with Gasteiger partial charge in [-0.1, -0.05) is 12.1 Å². The number of nitrogen functional groups attached to an aromatic ring is 1. The van der Waals surface area contributed by atoms with Crippen molar-refractivity contribution in [3.63, 3.8) is 0 Å². The van der Waals surface area contributed by atoms with Crippen molar-refractivity contribution in [2.24, 2.45) is 0 Å². The van der Waals surface area contributed by atoms with Crippen molar-refractivity contribution in [1.29, 1.82) is 5.26 Å². The fraction of sp³-hybridized carbons (Fsp3) is 0.333. The highest BCUT2D eigenvalue weighted by atomic mass is 16.5. The molecule has 1 aromatic carbocycles. The van der Waals surface area contributed by atoms with Crippen molar-refractivity contribution in [1.82, 2.24) is 9.78 Å². The molecule has 20 heavy (non-hydrogen) atoms. The quantitative estimate of drug-likeness (QED) is 0.925. The molecule has 0 aliphatic rings. The van der Waals surface area contributed by atoms with E-state index in [1.54, 1.807) is 4.68 Å². The Morgan fingerprint density at radius 3 is 2.55 bits per heavy atom. The highest BCUT2D eigenvalue weighted by molar-refractivity contribution is 5.54. The van der Waals surface area contributed by atoms with Gasteiger partial charge < -0.3 is 10.5 Å². The van der Waals surface area contributed by atoms with Crippen LogP contribution >= 0.6 is 0 Å².